The van der Waals surface area contributed by atoms with Gasteiger partial charge in [0.05, 0.1) is 11.3 Å². The van der Waals surface area contributed by atoms with Gasteiger partial charge in [0.1, 0.15) is 12.0 Å². The molecule has 4 rings (SSSR count). The summed E-state index contributed by atoms with van der Waals surface area (Å²) in [6.45, 7) is 3.63. The van der Waals surface area contributed by atoms with Crippen LogP contribution in [-0.4, -0.2) is 36.0 Å². The Bertz CT molecular complexity index is 897. The predicted molar refractivity (Wildman–Crippen MR) is 107 cm³/mol. The molecule has 0 radical (unpaired) electrons. The number of fused-ring (bicyclic) bond motifs is 2. The lowest BCUT2D eigenvalue weighted by Gasteiger charge is -2.44. The smallest absolute Gasteiger partial charge is 0.257 e. The molecule has 0 aliphatic carbocycles. The molecule has 2 aliphatic heterocycles. The maximum Gasteiger partial charge on any atom is 0.257 e. The summed E-state index contributed by atoms with van der Waals surface area (Å²) in [5, 5.41) is 2.78. The molecule has 2 amide bonds. The molecule has 0 bridgehead atoms. The van der Waals surface area contributed by atoms with Gasteiger partial charge in [0.15, 0.2) is 0 Å². The van der Waals surface area contributed by atoms with E-state index in [0.717, 1.165) is 44.5 Å². The van der Waals surface area contributed by atoms with Crippen LogP contribution >= 0.6 is 0 Å². The third-order valence-corrected chi connectivity index (χ3v) is 5.58. The third kappa shape index (κ3) is 3.35. The minimum Gasteiger partial charge on any atom is -0.351 e. The number of benzene rings is 2. The SMILES string of the molecule is CCN1c2cc(C(=O)Nc3ccc(F)cc3)ccc2C(=O)N2CCCCC[C@@H]21. The number of amides is 2. The second-order valence-corrected chi connectivity index (χ2v) is 7.31. The van der Waals surface area contributed by atoms with Crippen molar-refractivity contribution < 1.29 is 14.0 Å². The largest absolute Gasteiger partial charge is 0.351 e. The van der Waals surface area contributed by atoms with E-state index in [1.807, 2.05) is 4.90 Å². The Morgan fingerprint density at radius 2 is 1.93 bits per heavy atom. The third-order valence-electron chi connectivity index (χ3n) is 5.58. The van der Waals surface area contributed by atoms with Gasteiger partial charge in [0.2, 0.25) is 0 Å². The van der Waals surface area contributed by atoms with Crippen LogP contribution in [0.15, 0.2) is 42.5 Å². The van der Waals surface area contributed by atoms with Crippen molar-refractivity contribution in [2.75, 3.05) is 23.3 Å². The number of rotatable bonds is 3. The van der Waals surface area contributed by atoms with Gasteiger partial charge in [-0.15, -0.1) is 0 Å². The normalized spacial score (nSPS) is 18.9. The Kier molecular flexibility index (Phi) is 5.03. The van der Waals surface area contributed by atoms with Crippen molar-refractivity contribution in [3.05, 3.63) is 59.4 Å². The highest BCUT2D eigenvalue weighted by molar-refractivity contribution is 6.08. The van der Waals surface area contributed by atoms with E-state index >= 15 is 0 Å². The number of anilines is 2. The number of halogens is 1. The minimum atomic E-state index is -0.350. The molecule has 2 aliphatic rings. The molecule has 6 heteroatoms. The van der Waals surface area contributed by atoms with Crippen molar-refractivity contribution in [1.82, 2.24) is 4.90 Å². The second-order valence-electron chi connectivity index (χ2n) is 7.31. The topological polar surface area (TPSA) is 52.7 Å². The van der Waals surface area contributed by atoms with Crippen molar-refractivity contribution in [1.29, 1.82) is 0 Å². The highest BCUT2D eigenvalue weighted by atomic mass is 19.1. The van der Waals surface area contributed by atoms with E-state index < -0.39 is 0 Å². The molecular formula is C22H24FN3O2. The van der Waals surface area contributed by atoms with Gasteiger partial charge in [0, 0.05) is 24.3 Å². The summed E-state index contributed by atoms with van der Waals surface area (Å²) in [4.78, 5) is 29.9. The average Bonchev–Trinajstić information content (AvgIpc) is 2.96. The Balaban J connectivity index is 1.65. The molecular weight excluding hydrogens is 357 g/mol. The lowest BCUT2D eigenvalue weighted by Crippen LogP contribution is -2.55. The van der Waals surface area contributed by atoms with Crippen LogP contribution in [0, 0.1) is 5.82 Å². The molecule has 2 aromatic carbocycles. The number of hydrogen-bond acceptors (Lipinski definition) is 3. The summed E-state index contributed by atoms with van der Waals surface area (Å²) in [6, 6.07) is 10.9. The van der Waals surface area contributed by atoms with E-state index in [0.29, 0.717) is 16.8 Å². The molecule has 0 unspecified atom stereocenters. The van der Waals surface area contributed by atoms with Crippen LogP contribution in [-0.2, 0) is 0 Å². The molecule has 2 aromatic rings. The molecule has 1 fully saturated rings. The van der Waals surface area contributed by atoms with Gasteiger partial charge in [-0.2, -0.15) is 0 Å². The lowest BCUT2D eigenvalue weighted by molar-refractivity contribution is 0.0656. The van der Waals surface area contributed by atoms with Gasteiger partial charge in [0.25, 0.3) is 11.8 Å². The van der Waals surface area contributed by atoms with E-state index in [1.165, 1.54) is 24.3 Å². The molecule has 1 saturated heterocycles. The Morgan fingerprint density at radius 3 is 2.68 bits per heavy atom. The first-order valence-corrected chi connectivity index (χ1v) is 9.87. The molecule has 0 aromatic heterocycles. The number of nitrogens with one attached hydrogen (secondary N) is 1. The fourth-order valence-electron chi connectivity index (χ4n) is 4.18. The van der Waals surface area contributed by atoms with Crippen LogP contribution in [0.5, 0.6) is 0 Å². The quantitative estimate of drug-likeness (QED) is 0.864. The summed E-state index contributed by atoms with van der Waals surface area (Å²) in [5.74, 6) is -0.574. The van der Waals surface area contributed by atoms with Crippen molar-refractivity contribution in [2.45, 2.75) is 38.8 Å². The van der Waals surface area contributed by atoms with Crippen LogP contribution in [0.3, 0.4) is 0 Å². The van der Waals surface area contributed by atoms with E-state index in [4.69, 9.17) is 0 Å². The molecule has 2 heterocycles. The summed E-state index contributed by atoms with van der Waals surface area (Å²) in [6.07, 6.45) is 4.28. The summed E-state index contributed by atoms with van der Waals surface area (Å²) >= 11 is 0. The van der Waals surface area contributed by atoms with Gasteiger partial charge < -0.3 is 15.1 Å². The molecule has 1 N–H and O–H groups in total. The number of hydrogen-bond donors (Lipinski definition) is 1. The molecule has 146 valence electrons. The van der Waals surface area contributed by atoms with Gasteiger partial charge in [-0.1, -0.05) is 6.42 Å². The Hall–Kier alpha value is -2.89. The average molecular weight is 381 g/mol. The molecule has 1 atom stereocenters. The summed E-state index contributed by atoms with van der Waals surface area (Å²) in [7, 11) is 0. The molecule has 0 spiro atoms. The maximum absolute atomic E-state index is 13.1. The zero-order valence-electron chi connectivity index (χ0n) is 16.0. The Labute approximate surface area is 164 Å². The van der Waals surface area contributed by atoms with E-state index in [-0.39, 0.29) is 23.8 Å². The van der Waals surface area contributed by atoms with Crippen LogP contribution in [0.4, 0.5) is 15.8 Å². The first-order valence-electron chi connectivity index (χ1n) is 9.87. The van der Waals surface area contributed by atoms with Crippen LogP contribution < -0.4 is 10.2 Å². The number of carbonyl (C=O) groups is 2. The molecule has 28 heavy (non-hydrogen) atoms. The lowest BCUT2D eigenvalue weighted by atomic mass is 10.0. The second kappa shape index (κ2) is 7.62. The van der Waals surface area contributed by atoms with Crippen LogP contribution in [0.25, 0.3) is 0 Å². The monoisotopic (exact) mass is 381 g/mol. The van der Waals surface area contributed by atoms with E-state index in [2.05, 4.69) is 17.1 Å². The molecule has 5 nitrogen and oxygen atoms in total. The van der Waals surface area contributed by atoms with Gasteiger partial charge in [-0.25, -0.2) is 4.39 Å². The van der Waals surface area contributed by atoms with Gasteiger partial charge in [-0.05, 0) is 68.7 Å². The number of nitrogens with zero attached hydrogens (tertiary/aromatic N) is 2. The fraction of sp³-hybridized carbons (Fsp3) is 0.364. The van der Waals surface area contributed by atoms with Gasteiger partial charge in [-0.3, -0.25) is 9.59 Å². The maximum atomic E-state index is 13.1. The summed E-state index contributed by atoms with van der Waals surface area (Å²) in [5.41, 5.74) is 2.49. The molecule has 0 saturated carbocycles. The number of carbonyl (C=O) groups excluding carboxylic acids is 2. The zero-order valence-corrected chi connectivity index (χ0v) is 16.0. The highest BCUT2D eigenvalue weighted by Gasteiger charge is 2.37. The fourth-order valence-corrected chi connectivity index (χ4v) is 4.18. The van der Waals surface area contributed by atoms with E-state index in [1.54, 1.807) is 18.2 Å². The van der Waals surface area contributed by atoms with Gasteiger partial charge >= 0.3 is 0 Å². The Morgan fingerprint density at radius 1 is 1.14 bits per heavy atom. The van der Waals surface area contributed by atoms with Crippen molar-refractivity contribution in [2.24, 2.45) is 0 Å². The van der Waals surface area contributed by atoms with Crippen molar-refractivity contribution >= 4 is 23.2 Å². The van der Waals surface area contributed by atoms with E-state index in [9.17, 15) is 14.0 Å². The standard InChI is InChI=1S/C22H24FN3O2/c1-2-25-19-14-15(21(27)24-17-10-8-16(23)9-11-17)7-12-18(19)22(28)26-13-5-3-4-6-20(25)26/h7-12,14,20H,2-6,13H2,1H3,(H,24,27)/t20-/m1/s1. The first-order chi connectivity index (χ1) is 13.6. The minimum absolute atomic E-state index is 0.0529. The summed E-state index contributed by atoms with van der Waals surface area (Å²) < 4.78 is 13.1. The predicted octanol–water partition coefficient (Wildman–Crippen LogP) is 4.26. The van der Waals surface area contributed by atoms with Crippen LogP contribution in [0.1, 0.15) is 53.3 Å². The first kappa shape index (κ1) is 18.5. The van der Waals surface area contributed by atoms with Crippen molar-refractivity contribution in [3.8, 4) is 0 Å². The van der Waals surface area contributed by atoms with Crippen molar-refractivity contribution in [3.63, 3.8) is 0 Å². The zero-order chi connectivity index (χ0) is 19.7. The van der Waals surface area contributed by atoms with Crippen LogP contribution in [0.2, 0.25) is 0 Å². The highest BCUT2D eigenvalue weighted by Crippen LogP contribution is 2.35.